The number of carboxylic acids is 1. The van der Waals surface area contributed by atoms with Gasteiger partial charge in [0.25, 0.3) is 0 Å². The molecule has 1 amide bonds. The van der Waals surface area contributed by atoms with Crippen molar-refractivity contribution >= 4 is 23.2 Å². The molecule has 2 aliphatic rings. The van der Waals surface area contributed by atoms with E-state index in [9.17, 15) is 14.7 Å². The maximum Gasteiger partial charge on any atom is 0.311 e. The van der Waals surface area contributed by atoms with Crippen molar-refractivity contribution in [2.75, 3.05) is 26.7 Å². The molecule has 5 nitrogen and oxygen atoms in total. The molecule has 1 saturated heterocycles. The van der Waals surface area contributed by atoms with Crippen LogP contribution in [0.4, 0.5) is 0 Å². The second kappa shape index (κ2) is 6.01. The fourth-order valence-electron chi connectivity index (χ4n) is 3.90. The summed E-state index contributed by atoms with van der Waals surface area (Å²) in [7, 11) is 1.81. The number of rotatable bonds is 5. The van der Waals surface area contributed by atoms with Crippen molar-refractivity contribution in [3.05, 3.63) is 22.4 Å². The number of hydrogen-bond donors (Lipinski definition) is 1. The molecule has 1 aromatic rings. The van der Waals surface area contributed by atoms with Crippen LogP contribution in [0, 0.1) is 11.3 Å². The summed E-state index contributed by atoms with van der Waals surface area (Å²) >= 11 is 1.64. The lowest BCUT2D eigenvalue weighted by atomic mass is 9.81. The third kappa shape index (κ3) is 2.77. The first-order chi connectivity index (χ1) is 10.5. The van der Waals surface area contributed by atoms with Crippen LogP contribution in [0.5, 0.6) is 0 Å². The number of carbonyl (C=O) groups is 2. The smallest absolute Gasteiger partial charge is 0.311 e. The number of likely N-dealkylation sites (N-methyl/N-ethyl adjacent to an activating group) is 1. The van der Waals surface area contributed by atoms with Gasteiger partial charge in [-0.3, -0.25) is 14.5 Å². The van der Waals surface area contributed by atoms with Crippen LogP contribution in [0.3, 0.4) is 0 Å². The molecule has 3 rings (SSSR count). The van der Waals surface area contributed by atoms with Crippen molar-refractivity contribution in [2.45, 2.75) is 25.8 Å². The highest BCUT2D eigenvalue weighted by molar-refractivity contribution is 7.09. The van der Waals surface area contributed by atoms with Gasteiger partial charge in [0.15, 0.2) is 0 Å². The summed E-state index contributed by atoms with van der Waals surface area (Å²) in [5.74, 6) is -0.411. The van der Waals surface area contributed by atoms with E-state index < -0.39 is 11.4 Å². The summed E-state index contributed by atoms with van der Waals surface area (Å²) in [6.07, 6.45) is 2.72. The summed E-state index contributed by atoms with van der Waals surface area (Å²) in [6.45, 7) is 2.21. The first kappa shape index (κ1) is 15.5. The van der Waals surface area contributed by atoms with E-state index in [0.717, 1.165) is 30.7 Å². The van der Waals surface area contributed by atoms with Gasteiger partial charge in [0, 0.05) is 25.0 Å². The number of nitrogens with zero attached hydrogens (tertiary/aromatic N) is 2. The van der Waals surface area contributed by atoms with Crippen LogP contribution < -0.4 is 0 Å². The second-order valence-electron chi connectivity index (χ2n) is 6.55. The second-order valence-corrected chi connectivity index (χ2v) is 7.58. The van der Waals surface area contributed by atoms with Crippen LogP contribution in [0.1, 0.15) is 24.1 Å². The minimum atomic E-state index is -0.683. The van der Waals surface area contributed by atoms with Crippen molar-refractivity contribution in [2.24, 2.45) is 11.3 Å². The molecule has 0 unspecified atom stereocenters. The van der Waals surface area contributed by atoms with Crippen molar-refractivity contribution in [1.82, 2.24) is 9.80 Å². The number of carboxylic acid groups (broad SMARTS) is 1. The molecule has 0 radical (unpaired) electrons. The summed E-state index contributed by atoms with van der Waals surface area (Å²) in [5, 5.41) is 11.6. The Labute approximate surface area is 134 Å². The largest absolute Gasteiger partial charge is 0.481 e. The SMILES string of the molecule is CN(Cc1cccs1)C(=O)CN1C[C@@H]2CCC[C@@]2(C(=O)O)C1. The molecular weight excluding hydrogens is 300 g/mol. The zero-order valence-corrected chi connectivity index (χ0v) is 13.6. The molecule has 1 aliphatic heterocycles. The molecule has 0 bridgehead atoms. The van der Waals surface area contributed by atoms with Gasteiger partial charge in [0.2, 0.25) is 5.91 Å². The molecule has 0 aromatic carbocycles. The van der Waals surface area contributed by atoms with Gasteiger partial charge in [-0.2, -0.15) is 0 Å². The van der Waals surface area contributed by atoms with Crippen molar-refractivity contribution < 1.29 is 14.7 Å². The number of amides is 1. The minimum Gasteiger partial charge on any atom is -0.481 e. The van der Waals surface area contributed by atoms with Crippen LogP contribution >= 0.6 is 11.3 Å². The zero-order chi connectivity index (χ0) is 15.7. The number of hydrogen-bond acceptors (Lipinski definition) is 4. The molecule has 1 saturated carbocycles. The Hall–Kier alpha value is -1.40. The molecular formula is C16H22N2O3S. The van der Waals surface area contributed by atoms with Crippen LogP contribution in [-0.2, 0) is 16.1 Å². The van der Waals surface area contributed by atoms with Gasteiger partial charge in [-0.25, -0.2) is 0 Å². The molecule has 2 heterocycles. The topological polar surface area (TPSA) is 60.9 Å². The van der Waals surface area contributed by atoms with E-state index >= 15 is 0 Å². The van der Waals surface area contributed by atoms with Crippen LogP contribution in [0.2, 0.25) is 0 Å². The highest BCUT2D eigenvalue weighted by atomic mass is 32.1. The van der Waals surface area contributed by atoms with E-state index in [1.165, 1.54) is 0 Å². The van der Waals surface area contributed by atoms with Crippen molar-refractivity contribution in [1.29, 1.82) is 0 Å². The minimum absolute atomic E-state index is 0.0638. The average Bonchev–Trinajstić information content (AvgIpc) is 3.13. The maximum absolute atomic E-state index is 12.4. The van der Waals surface area contributed by atoms with Crippen molar-refractivity contribution in [3.8, 4) is 0 Å². The van der Waals surface area contributed by atoms with E-state index in [1.54, 1.807) is 16.2 Å². The van der Waals surface area contributed by atoms with Gasteiger partial charge in [0.05, 0.1) is 18.5 Å². The fraction of sp³-hybridized carbons (Fsp3) is 0.625. The number of likely N-dealkylation sites (tertiary alicyclic amines) is 1. The lowest BCUT2D eigenvalue weighted by Gasteiger charge is -2.24. The Kier molecular flexibility index (Phi) is 4.23. The molecule has 120 valence electrons. The number of thiophene rings is 1. The molecule has 6 heteroatoms. The van der Waals surface area contributed by atoms with Gasteiger partial charge in [-0.15, -0.1) is 11.3 Å². The normalized spacial score (nSPS) is 27.8. The summed E-state index contributed by atoms with van der Waals surface area (Å²) in [5.41, 5.74) is -0.605. The third-order valence-corrected chi connectivity index (χ3v) is 5.99. The number of aliphatic carboxylic acids is 1. The Morgan fingerprint density at radius 2 is 2.36 bits per heavy atom. The van der Waals surface area contributed by atoms with Gasteiger partial charge in [-0.1, -0.05) is 12.5 Å². The summed E-state index contributed by atoms with van der Waals surface area (Å²) < 4.78 is 0. The Morgan fingerprint density at radius 3 is 3.00 bits per heavy atom. The van der Waals surface area contributed by atoms with E-state index in [2.05, 4.69) is 0 Å². The van der Waals surface area contributed by atoms with Gasteiger partial charge >= 0.3 is 5.97 Å². The molecule has 2 atom stereocenters. The Balaban J connectivity index is 1.58. The maximum atomic E-state index is 12.4. The molecule has 2 fully saturated rings. The third-order valence-electron chi connectivity index (χ3n) is 5.12. The quantitative estimate of drug-likeness (QED) is 0.899. The Morgan fingerprint density at radius 1 is 1.55 bits per heavy atom. The molecule has 1 aliphatic carbocycles. The first-order valence-corrected chi connectivity index (χ1v) is 8.61. The fourth-order valence-corrected chi connectivity index (χ4v) is 4.66. The van der Waals surface area contributed by atoms with Gasteiger partial charge in [-0.05, 0) is 30.2 Å². The highest BCUT2D eigenvalue weighted by Crippen LogP contribution is 2.48. The molecule has 22 heavy (non-hydrogen) atoms. The van der Waals surface area contributed by atoms with Crippen LogP contribution in [-0.4, -0.2) is 53.5 Å². The van der Waals surface area contributed by atoms with Crippen molar-refractivity contribution in [3.63, 3.8) is 0 Å². The standard InChI is InChI=1S/C16H22N2O3S/c1-17(9-13-5-3-7-22-13)14(19)10-18-8-12-4-2-6-16(12,11-18)15(20)21/h3,5,7,12H,2,4,6,8-11H2,1H3,(H,20,21)/t12-,16+/m0/s1. The van der Waals surface area contributed by atoms with E-state index in [-0.39, 0.29) is 11.8 Å². The predicted octanol–water partition coefficient (Wildman–Crippen LogP) is 1.89. The first-order valence-electron chi connectivity index (χ1n) is 7.73. The van der Waals surface area contributed by atoms with E-state index in [0.29, 0.717) is 19.6 Å². The van der Waals surface area contributed by atoms with E-state index in [1.807, 2.05) is 29.5 Å². The number of fused-ring (bicyclic) bond motifs is 1. The average molecular weight is 322 g/mol. The van der Waals surface area contributed by atoms with Gasteiger partial charge in [0.1, 0.15) is 0 Å². The molecule has 0 spiro atoms. The molecule has 1 N–H and O–H groups in total. The summed E-state index contributed by atoms with van der Waals surface area (Å²) in [4.78, 5) is 28.9. The highest BCUT2D eigenvalue weighted by Gasteiger charge is 2.54. The lowest BCUT2D eigenvalue weighted by molar-refractivity contribution is -0.149. The number of carbonyl (C=O) groups excluding carboxylic acids is 1. The predicted molar refractivity (Wildman–Crippen MR) is 84.6 cm³/mol. The lowest BCUT2D eigenvalue weighted by Crippen LogP contribution is -2.39. The monoisotopic (exact) mass is 322 g/mol. The summed E-state index contributed by atoms with van der Waals surface area (Å²) in [6, 6.07) is 4.00. The van der Waals surface area contributed by atoms with Crippen LogP contribution in [0.15, 0.2) is 17.5 Å². The van der Waals surface area contributed by atoms with Crippen LogP contribution in [0.25, 0.3) is 0 Å². The van der Waals surface area contributed by atoms with Gasteiger partial charge < -0.3 is 10.0 Å². The zero-order valence-electron chi connectivity index (χ0n) is 12.8. The Bertz CT molecular complexity index is 560. The molecule has 1 aromatic heterocycles. The van der Waals surface area contributed by atoms with E-state index in [4.69, 9.17) is 0 Å².